The second-order valence-corrected chi connectivity index (χ2v) is 8.71. The minimum atomic E-state index is -3.80. The van der Waals surface area contributed by atoms with Crippen molar-refractivity contribution in [3.63, 3.8) is 0 Å². The highest BCUT2D eigenvalue weighted by Crippen LogP contribution is 2.27. The molecular formula is C13H8BrClINO3S. The summed E-state index contributed by atoms with van der Waals surface area (Å²) >= 11 is 5.36. The molecule has 110 valence electrons. The maximum absolute atomic E-state index is 12.1. The van der Waals surface area contributed by atoms with Crippen LogP contribution in [0.3, 0.4) is 0 Å². The zero-order chi connectivity index (χ0) is 15.6. The number of hydrogen-bond acceptors (Lipinski definition) is 3. The molecule has 0 aliphatic rings. The Morgan fingerprint density at radius 2 is 1.76 bits per heavy atom. The van der Waals surface area contributed by atoms with Crippen molar-refractivity contribution in [2.45, 2.75) is 4.90 Å². The highest BCUT2D eigenvalue weighted by Gasteiger charge is 2.14. The van der Waals surface area contributed by atoms with Crippen LogP contribution in [0, 0.1) is 3.57 Å². The summed E-state index contributed by atoms with van der Waals surface area (Å²) in [5.41, 5.74) is 0.971. The first-order chi connectivity index (χ1) is 9.77. The van der Waals surface area contributed by atoms with Gasteiger partial charge in [-0.2, -0.15) is 0 Å². The van der Waals surface area contributed by atoms with Crippen LogP contribution >= 0.6 is 49.2 Å². The molecule has 0 spiro atoms. The number of carbonyl (C=O) groups is 1. The van der Waals surface area contributed by atoms with E-state index in [0.717, 1.165) is 3.57 Å². The minimum Gasteiger partial charge on any atom is -0.321 e. The van der Waals surface area contributed by atoms with Gasteiger partial charge < -0.3 is 5.32 Å². The predicted molar refractivity (Wildman–Crippen MR) is 94.3 cm³/mol. The summed E-state index contributed by atoms with van der Waals surface area (Å²) in [5, 5.41) is 2.70. The minimum absolute atomic E-state index is 0.0386. The topological polar surface area (TPSA) is 63.2 Å². The second kappa shape index (κ2) is 6.64. The van der Waals surface area contributed by atoms with Crippen LogP contribution in [0.25, 0.3) is 0 Å². The average molecular weight is 501 g/mol. The Hall–Kier alpha value is -0.640. The molecule has 0 saturated carbocycles. The first kappa shape index (κ1) is 16.7. The molecule has 0 radical (unpaired) electrons. The van der Waals surface area contributed by atoms with Crippen molar-refractivity contribution in [2.24, 2.45) is 0 Å². The van der Waals surface area contributed by atoms with Crippen molar-refractivity contribution in [1.82, 2.24) is 0 Å². The number of anilines is 1. The summed E-state index contributed by atoms with van der Waals surface area (Å²) < 4.78 is 23.9. The van der Waals surface area contributed by atoms with Gasteiger partial charge in [0.05, 0.1) is 10.6 Å². The van der Waals surface area contributed by atoms with E-state index in [1.54, 1.807) is 12.1 Å². The summed E-state index contributed by atoms with van der Waals surface area (Å²) in [6, 6.07) is 11.2. The molecule has 0 atom stereocenters. The maximum atomic E-state index is 12.1. The fourth-order valence-electron chi connectivity index (χ4n) is 1.54. The molecule has 21 heavy (non-hydrogen) atoms. The first-order valence-electron chi connectivity index (χ1n) is 5.58. The summed E-state index contributed by atoms with van der Waals surface area (Å²) in [6.07, 6.45) is 0. The van der Waals surface area contributed by atoms with Crippen LogP contribution in [-0.4, -0.2) is 14.3 Å². The van der Waals surface area contributed by atoms with Gasteiger partial charge in [0, 0.05) is 24.3 Å². The molecule has 2 rings (SSSR count). The van der Waals surface area contributed by atoms with Crippen molar-refractivity contribution < 1.29 is 13.2 Å². The zero-order valence-electron chi connectivity index (χ0n) is 10.3. The SMILES string of the molecule is O=C(Nc1ccc(S(=O)(=O)Cl)cc1Br)c1ccc(I)cc1. The van der Waals surface area contributed by atoms with E-state index in [1.807, 2.05) is 12.1 Å². The van der Waals surface area contributed by atoms with Crippen LogP contribution < -0.4 is 5.32 Å². The molecule has 0 heterocycles. The van der Waals surface area contributed by atoms with E-state index >= 15 is 0 Å². The smallest absolute Gasteiger partial charge is 0.261 e. The average Bonchev–Trinajstić information content (AvgIpc) is 2.40. The first-order valence-corrected chi connectivity index (χ1v) is 9.76. The Balaban J connectivity index is 2.24. The summed E-state index contributed by atoms with van der Waals surface area (Å²) in [4.78, 5) is 12.0. The Labute approximate surface area is 148 Å². The Morgan fingerprint density at radius 1 is 1.14 bits per heavy atom. The van der Waals surface area contributed by atoms with Gasteiger partial charge in [0.1, 0.15) is 0 Å². The quantitative estimate of drug-likeness (QED) is 0.507. The molecule has 1 N–H and O–H groups in total. The van der Waals surface area contributed by atoms with Crippen LogP contribution in [0.2, 0.25) is 0 Å². The Bertz CT molecular complexity index is 794. The predicted octanol–water partition coefficient (Wildman–Crippen LogP) is 4.23. The molecule has 0 bridgehead atoms. The number of nitrogens with one attached hydrogen (secondary N) is 1. The number of carbonyl (C=O) groups excluding carboxylic acids is 1. The van der Waals surface area contributed by atoms with Crippen molar-refractivity contribution >= 4 is 69.8 Å². The highest BCUT2D eigenvalue weighted by atomic mass is 127. The molecule has 0 saturated heterocycles. The lowest BCUT2D eigenvalue weighted by molar-refractivity contribution is 0.102. The van der Waals surface area contributed by atoms with Crippen LogP contribution in [-0.2, 0) is 9.05 Å². The van der Waals surface area contributed by atoms with Gasteiger partial charge in [0.15, 0.2) is 0 Å². The molecule has 0 aliphatic heterocycles. The van der Waals surface area contributed by atoms with Gasteiger partial charge in [-0.25, -0.2) is 8.42 Å². The molecule has 1 amide bonds. The van der Waals surface area contributed by atoms with Crippen molar-refractivity contribution in [2.75, 3.05) is 5.32 Å². The van der Waals surface area contributed by atoms with E-state index < -0.39 is 9.05 Å². The number of rotatable bonds is 3. The van der Waals surface area contributed by atoms with Gasteiger partial charge >= 0.3 is 0 Å². The lowest BCUT2D eigenvalue weighted by Crippen LogP contribution is -2.12. The molecule has 0 fully saturated rings. The summed E-state index contributed by atoms with van der Waals surface area (Å²) in [7, 11) is 1.46. The van der Waals surface area contributed by atoms with Gasteiger partial charge in [0.2, 0.25) is 0 Å². The molecule has 8 heteroatoms. The fraction of sp³-hybridized carbons (Fsp3) is 0. The molecule has 0 aromatic heterocycles. The van der Waals surface area contributed by atoms with E-state index in [1.165, 1.54) is 18.2 Å². The van der Waals surface area contributed by atoms with Gasteiger partial charge in [-0.1, -0.05) is 0 Å². The van der Waals surface area contributed by atoms with Crippen LogP contribution in [0.1, 0.15) is 10.4 Å². The Kier molecular flexibility index (Phi) is 5.29. The highest BCUT2D eigenvalue weighted by molar-refractivity contribution is 14.1. The lowest BCUT2D eigenvalue weighted by atomic mass is 10.2. The molecule has 0 unspecified atom stereocenters. The molecule has 2 aromatic rings. The third-order valence-electron chi connectivity index (χ3n) is 2.58. The third kappa shape index (κ3) is 4.41. The van der Waals surface area contributed by atoms with Crippen LogP contribution in [0.15, 0.2) is 51.8 Å². The monoisotopic (exact) mass is 499 g/mol. The van der Waals surface area contributed by atoms with Crippen molar-refractivity contribution in [1.29, 1.82) is 0 Å². The molecular weight excluding hydrogens is 492 g/mol. The lowest BCUT2D eigenvalue weighted by Gasteiger charge is -2.08. The largest absolute Gasteiger partial charge is 0.321 e. The van der Waals surface area contributed by atoms with E-state index in [9.17, 15) is 13.2 Å². The van der Waals surface area contributed by atoms with E-state index in [2.05, 4.69) is 43.8 Å². The van der Waals surface area contributed by atoms with Gasteiger partial charge in [0.25, 0.3) is 15.0 Å². The van der Waals surface area contributed by atoms with Gasteiger partial charge in [-0.3, -0.25) is 4.79 Å². The molecule has 4 nitrogen and oxygen atoms in total. The maximum Gasteiger partial charge on any atom is 0.261 e. The number of hydrogen-bond donors (Lipinski definition) is 1. The standard InChI is InChI=1S/C13H8BrClINO3S/c14-11-7-10(21(15,19)20)5-6-12(11)17-13(18)8-1-3-9(16)4-2-8/h1-7H,(H,17,18). The normalized spacial score (nSPS) is 11.2. The van der Waals surface area contributed by atoms with E-state index in [0.29, 0.717) is 15.7 Å². The fourth-order valence-corrected chi connectivity index (χ4v) is 3.31. The van der Waals surface area contributed by atoms with Gasteiger partial charge in [-0.15, -0.1) is 0 Å². The number of benzene rings is 2. The number of amides is 1. The van der Waals surface area contributed by atoms with E-state index in [4.69, 9.17) is 10.7 Å². The second-order valence-electron chi connectivity index (χ2n) is 4.04. The third-order valence-corrected chi connectivity index (χ3v) is 5.30. The van der Waals surface area contributed by atoms with Gasteiger partial charge in [-0.05, 0) is 81.0 Å². The molecule has 2 aromatic carbocycles. The van der Waals surface area contributed by atoms with Crippen LogP contribution in [0.4, 0.5) is 5.69 Å². The van der Waals surface area contributed by atoms with Crippen molar-refractivity contribution in [3.05, 3.63) is 56.1 Å². The molecule has 0 aliphatic carbocycles. The zero-order valence-corrected chi connectivity index (χ0v) is 15.6. The van der Waals surface area contributed by atoms with E-state index in [-0.39, 0.29) is 10.8 Å². The summed E-state index contributed by atoms with van der Waals surface area (Å²) in [5.74, 6) is -0.284. The Morgan fingerprint density at radius 3 is 2.29 bits per heavy atom. The van der Waals surface area contributed by atoms with Crippen LogP contribution in [0.5, 0.6) is 0 Å². The van der Waals surface area contributed by atoms with Crippen molar-refractivity contribution in [3.8, 4) is 0 Å². The number of halogens is 3. The summed E-state index contributed by atoms with van der Waals surface area (Å²) in [6.45, 7) is 0.